The Morgan fingerprint density at radius 3 is 2.50 bits per heavy atom. The molecule has 0 fully saturated rings. The highest BCUT2D eigenvalue weighted by atomic mass is 127. The largest absolute Gasteiger partial charge is 0.270 e. The van der Waals surface area contributed by atoms with Crippen LogP contribution in [0.5, 0.6) is 0 Å². The van der Waals surface area contributed by atoms with Gasteiger partial charge in [0.1, 0.15) is 0 Å². The molecule has 0 bridgehead atoms. The Kier molecular flexibility index (Phi) is 3.64. The average molecular weight is 442 g/mol. The maximum Gasteiger partial charge on any atom is 0.261 e. The lowest BCUT2D eigenvalue weighted by atomic mass is 10.1. The summed E-state index contributed by atoms with van der Waals surface area (Å²) in [5, 5.41) is 0. The number of halogens is 2. The Morgan fingerprint density at radius 2 is 1.75 bits per heavy atom. The van der Waals surface area contributed by atoms with E-state index in [4.69, 9.17) is 0 Å². The lowest BCUT2D eigenvalue weighted by Gasteiger charge is -2.13. The minimum absolute atomic E-state index is 0.219. The predicted octanol–water partition coefficient (Wildman–Crippen LogP) is 3.85. The smallest absolute Gasteiger partial charge is 0.261 e. The van der Waals surface area contributed by atoms with Crippen molar-refractivity contribution in [1.29, 1.82) is 0 Å². The van der Waals surface area contributed by atoms with Crippen LogP contribution in [0.4, 0.5) is 0 Å². The summed E-state index contributed by atoms with van der Waals surface area (Å²) >= 11 is 5.53. The fraction of sp³-hybridized carbons (Fsp3) is 0.0667. The number of amides is 2. The molecule has 0 aliphatic carbocycles. The third-order valence-electron chi connectivity index (χ3n) is 3.16. The molecule has 1 aliphatic heterocycles. The molecule has 3 nitrogen and oxygen atoms in total. The van der Waals surface area contributed by atoms with Gasteiger partial charge in [0.15, 0.2) is 0 Å². The second kappa shape index (κ2) is 5.29. The summed E-state index contributed by atoms with van der Waals surface area (Å²) in [5.41, 5.74) is 1.91. The standard InChI is InChI=1S/C15H9BrINO2/c16-10-3-1-2-9(6-10)8-18-14(19)12-5-4-11(17)7-13(12)15(18)20/h1-7H,8H2. The molecule has 0 radical (unpaired) electrons. The van der Waals surface area contributed by atoms with E-state index in [2.05, 4.69) is 38.5 Å². The van der Waals surface area contributed by atoms with E-state index in [1.165, 1.54) is 4.90 Å². The molecule has 0 unspecified atom stereocenters. The van der Waals surface area contributed by atoms with Crippen molar-refractivity contribution in [1.82, 2.24) is 4.90 Å². The van der Waals surface area contributed by atoms with E-state index in [1.807, 2.05) is 30.3 Å². The van der Waals surface area contributed by atoms with Crippen molar-refractivity contribution >= 4 is 50.3 Å². The van der Waals surface area contributed by atoms with Crippen LogP contribution < -0.4 is 0 Å². The molecule has 5 heteroatoms. The summed E-state index contributed by atoms with van der Waals surface area (Å²) in [4.78, 5) is 25.9. The van der Waals surface area contributed by atoms with Gasteiger partial charge in [-0.1, -0.05) is 28.1 Å². The zero-order valence-electron chi connectivity index (χ0n) is 10.3. The van der Waals surface area contributed by atoms with Crippen molar-refractivity contribution in [2.45, 2.75) is 6.54 Å². The van der Waals surface area contributed by atoms with Crippen LogP contribution in [0.1, 0.15) is 26.3 Å². The second-order valence-electron chi connectivity index (χ2n) is 4.52. The van der Waals surface area contributed by atoms with E-state index in [1.54, 1.807) is 12.1 Å². The molecule has 100 valence electrons. The number of nitrogens with zero attached hydrogens (tertiary/aromatic N) is 1. The Labute approximate surface area is 138 Å². The monoisotopic (exact) mass is 441 g/mol. The Balaban J connectivity index is 1.94. The van der Waals surface area contributed by atoms with Crippen LogP contribution in [0.15, 0.2) is 46.9 Å². The van der Waals surface area contributed by atoms with Gasteiger partial charge >= 0.3 is 0 Å². The molecule has 2 amide bonds. The first-order valence-corrected chi connectivity index (χ1v) is 7.83. The summed E-state index contributed by atoms with van der Waals surface area (Å²) in [6.07, 6.45) is 0. The molecule has 0 atom stereocenters. The van der Waals surface area contributed by atoms with Gasteiger partial charge in [-0.25, -0.2) is 0 Å². The minimum atomic E-state index is -0.221. The van der Waals surface area contributed by atoms with Gasteiger partial charge in [-0.3, -0.25) is 14.5 Å². The predicted molar refractivity (Wildman–Crippen MR) is 87.5 cm³/mol. The van der Waals surface area contributed by atoms with Gasteiger partial charge in [0.2, 0.25) is 0 Å². The maximum absolute atomic E-state index is 12.3. The van der Waals surface area contributed by atoms with Crippen LogP contribution in [-0.2, 0) is 6.54 Å². The van der Waals surface area contributed by atoms with Gasteiger partial charge in [-0.15, -0.1) is 0 Å². The van der Waals surface area contributed by atoms with E-state index >= 15 is 0 Å². The highest BCUT2D eigenvalue weighted by molar-refractivity contribution is 14.1. The van der Waals surface area contributed by atoms with Crippen LogP contribution in [0.3, 0.4) is 0 Å². The van der Waals surface area contributed by atoms with Gasteiger partial charge in [0.25, 0.3) is 11.8 Å². The zero-order valence-corrected chi connectivity index (χ0v) is 14.0. The van der Waals surface area contributed by atoms with E-state index in [-0.39, 0.29) is 11.8 Å². The average Bonchev–Trinajstić information content (AvgIpc) is 2.64. The van der Waals surface area contributed by atoms with Crippen molar-refractivity contribution in [3.63, 3.8) is 0 Å². The number of carbonyl (C=O) groups is 2. The molecule has 2 aromatic carbocycles. The maximum atomic E-state index is 12.3. The first kappa shape index (κ1) is 13.8. The van der Waals surface area contributed by atoms with Crippen LogP contribution >= 0.6 is 38.5 Å². The minimum Gasteiger partial charge on any atom is -0.270 e. The number of fused-ring (bicyclic) bond motifs is 1. The Bertz CT molecular complexity index is 730. The number of hydrogen-bond donors (Lipinski definition) is 0. The van der Waals surface area contributed by atoms with Crippen LogP contribution in [0.25, 0.3) is 0 Å². The van der Waals surface area contributed by atoms with Crippen molar-refractivity contribution in [3.05, 3.63) is 67.2 Å². The molecule has 3 rings (SSSR count). The van der Waals surface area contributed by atoms with Crippen LogP contribution in [-0.4, -0.2) is 16.7 Å². The summed E-state index contributed by atoms with van der Waals surface area (Å²) in [6, 6.07) is 12.9. The quantitative estimate of drug-likeness (QED) is 0.524. The summed E-state index contributed by atoms with van der Waals surface area (Å²) in [7, 11) is 0. The van der Waals surface area contributed by atoms with E-state index < -0.39 is 0 Å². The third kappa shape index (κ3) is 2.40. The Hall–Kier alpha value is -1.21. The van der Waals surface area contributed by atoms with E-state index in [0.717, 1.165) is 13.6 Å². The van der Waals surface area contributed by atoms with Crippen molar-refractivity contribution in [3.8, 4) is 0 Å². The van der Waals surface area contributed by atoms with E-state index in [9.17, 15) is 9.59 Å². The molecule has 1 heterocycles. The summed E-state index contributed by atoms with van der Waals surface area (Å²) in [5.74, 6) is -0.440. The molecule has 0 spiro atoms. The highest BCUT2D eigenvalue weighted by Crippen LogP contribution is 2.26. The molecule has 0 saturated carbocycles. The fourth-order valence-corrected chi connectivity index (χ4v) is 3.16. The highest BCUT2D eigenvalue weighted by Gasteiger charge is 2.35. The molecular weight excluding hydrogens is 433 g/mol. The van der Waals surface area contributed by atoms with Gasteiger partial charge in [-0.05, 0) is 58.5 Å². The molecule has 0 saturated heterocycles. The lowest BCUT2D eigenvalue weighted by molar-refractivity contribution is 0.0642. The molecule has 20 heavy (non-hydrogen) atoms. The number of hydrogen-bond acceptors (Lipinski definition) is 2. The van der Waals surface area contributed by atoms with Gasteiger partial charge < -0.3 is 0 Å². The summed E-state index contributed by atoms with van der Waals surface area (Å²) in [6.45, 7) is 0.294. The Morgan fingerprint density at radius 1 is 1.00 bits per heavy atom. The first-order valence-electron chi connectivity index (χ1n) is 5.96. The van der Waals surface area contributed by atoms with Gasteiger partial charge in [-0.2, -0.15) is 0 Å². The van der Waals surface area contributed by atoms with Crippen LogP contribution in [0.2, 0.25) is 0 Å². The van der Waals surface area contributed by atoms with Crippen molar-refractivity contribution in [2.75, 3.05) is 0 Å². The molecule has 2 aromatic rings. The second-order valence-corrected chi connectivity index (χ2v) is 6.68. The van der Waals surface area contributed by atoms with Gasteiger partial charge in [0, 0.05) is 8.04 Å². The topological polar surface area (TPSA) is 37.4 Å². The molecular formula is C15H9BrINO2. The number of imide groups is 1. The molecule has 0 aromatic heterocycles. The number of benzene rings is 2. The SMILES string of the molecule is O=C1c2ccc(I)cc2C(=O)N1Cc1cccc(Br)c1. The van der Waals surface area contributed by atoms with Crippen LogP contribution in [0, 0.1) is 3.57 Å². The zero-order chi connectivity index (χ0) is 14.3. The van der Waals surface area contributed by atoms with Crippen molar-refractivity contribution < 1.29 is 9.59 Å². The number of rotatable bonds is 2. The molecule has 1 aliphatic rings. The third-order valence-corrected chi connectivity index (χ3v) is 4.33. The van der Waals surface area contributed by atoms with E-state index in [0.29, 0.717) is 17.7 Å². The lowest BCUT2D eigenvalue weighted by Crippen LogP contribution is -2.29. The number of carbonyl (C=O) groups excluding carboxylic acids is 2. The summed E-state index contributed by atoms with van der Waals surface area (Å²) < 4.78 is 1.88. The van der Waals surface area contributed by atoms with Gasteiger partial charge in [0.05, 0.1) is 17.7 Å². The normalized spacial score (nSPS) is 13.8. The fourth-order valence-electron chi connectivity index (χ4n) is 2.22. The first-order chi connectivity index (χ1) is 9.56. The molecule has 0 N–H and O–H groups in total. The van der Waals surface area contributed by atoms with Crippen molar-refractivity contribution in [2.24, 2.45) is 0 Å².